The first-order valence-corrected chi connectivity index (χ1v) is 6.98. The van der Waals surface area contributed by atoms with Gasteiger partial charge in [0.1, 0.15) is 8.28 Å². The van der Waals surface area contributed by atoms with Gasteiger partial charge in [-0.3, -0.25) is 4.79 Å². The van der Waals surface area contributed by atoms with Gasteiger partial charge >= 0.3 is 5.97 Å². The molecular weight excluding hydrogens is 288 g/mol. The number of carbonyl (C=O) groups is 1. The molecule has 86 valence electrons. The summed E-state index contributed by atoms with van der Waals surface area (Å²) >= 11 is 16.0. The summed E-state index contributed by atoms with van der Waals surface area (Å²) in [5, 5.41) is 9.27. The number of aliphatic carboxylic acids is 1. The SMILES string of the molecule is CC(C)(SC(=S)S)C(=O)O.CC1SC1=S. The number of thioether (sulfide) groups is 2. The van der Waals surface area contributed by atoms with Gasteiger partial charge in [-0.05, 0) is 20.8 Å². The molecule has 0 aromatic heterocycles. The Labute approximate surface area is 114 Å². The number of hydrogen-bond donors (Lipinski definition) is 2. The Morgan fingerprint density at radius 3 is 2.07 bits per heavy atom. The predicted octanol–water partition coefficient (Wildman–Crippen LogP) is 3.25. The van der Waals surface area contributed by atoms with Crippen molar-refractivity contribution < 1.29 is 9.90 Å². The Morgan fingerprint density at radius 2 is 2.00 bits per heavy atom. The van der Waals surface area contributed by atoms with E-state index in [1.54, 1.807) is 25.6 Å². The third-order valence-corrected chi connectivity index (χ3v) is 4.52. The lowest BCUT2D eigenvalue weighted by Crippen LogP contribution is -2.27. The molecule has 15 heavy (non-hydrogen) atoms. The largest absolute Gasteiger partial charge is 0.480 e. The van der Waals surface area contributed by atoms with E-state index in [0.717, 1.165) is 11.8 Å². The van der Waals surface area contributed by atoms with Crippen molar-refractivity contribution in [2.75, 3.05) is 0 Å². The fourth-order valence-electron chi connectivity index (χ4n) is 0.402. The molecule has 0 aromatic carbocycles. The van der Waals surface area contributed by atoms with Gasteiger partial charge in [-0.1, -0.05) is 36.2 Å². The normalized spacial score (nSPS) is 18.9. The van der Waals surface area contributed by atoms with Gasteiger partial charge in [-0.15, -0.1) is 24.4 Å². The molecule has 7 heteroatoms. The first kappa shape index (κ1) is 15.7. The number of thiocarbonyl (C=S) groups is 2. The highest BCUT2D eigenvalue weighted by Crippen LogP contribution is 2.33. The molecule has 0 amide bonds. The molecule has 1 saturated heterocycles. The molecule has 0 aromatic rings. The second-order valence-corrected chi connectivity index (χ2v) is 8.70. The average Bonchev–Trinajstić information content (AvgIpc) is 2.62. The van der Waals surface area contributed by atoms with E-state index in [1.165, 1.54) is 4.20 Å². The van der Waals surface area contributed by atoms with Crippen LogP contribution in [-0.2, 0) is 4.79 Å². The van der Waals surface area contributed by atoms with E-state index in [1.807, 2.05) is 0 Å². The van der Waals surface area contributed by atoms with Crippen LogP contribution in [0.25, 0.3) is 0 Å². The van der Waals surface area contributed by atoms with Gasteiger partial charge < -0.3 is 5.11 Å². The van der Waals surface area contributed by atoms with Crippen LogP contribution in [0.4, 0.5) is 0 Å². The molecule has 1 unspecified atom stereocenters. The van der Waals surface area contributed by atoms with Gasteiger partial charge in [0.25, 0.3) is 0 Å². The van der Waals surface area contributed by atoms with Crippen LogP contribution in [0.1, 0.15) is 20.8 Å². The molecule has 1 rings (SSSR count). The van der Waals surface area contributed by atoms with Crippen molar-refractivity contribution in [3.05, 3.63) is 0 Å². The van der Waals surface area contributed by atoms with Crippen LogP contribution in [0.5, 0.6) is 0 Å². The van der Waals surface area contributed by atoms with Crippen molar-refractivity contribution in [3.8, 4) is 0 Å². The summed E-state index contributed by atoms with van der Waals surface area (Å²) in [5.74, 6) is -0.881. The zero-order chi connectivity index (χ0) is 12.2. The van der Waals surface area contributed by atoms with Crippen molar-refractivity contribution in [2.45, 2.75) is 30.8 Å². The van der Waals surface area contributed by atoms with E-state index in [9.17, 15) is 4.79 Å². The Bertz CT molecular complexity index is 287. The molecule has 0 saturated carbocycles. The molecule has 1 heterocycles. The van der Waals surface area contributed by atoms with Crippen molar-refractivity contribution in [1.82, 2.24) is 0 Å². The second-order valence-electron chi connectivity index (χ2n) is 3.26. The van der Waals surface area contributed by atoms with Gasteiger partial charge in [0.05, 0.1) is 4.20 Å². The smallest absolute Gasteiger partial charge is 0.319 e. The minimum atomic E-state index is -0.881. The van der Waals surface area contributed by atoms with E-state index < -0.39 is 10.7 Å². The highest BCUT2D eigenvalue weighted by atomic mass is 32.2. The highest BCUT2D eigenvalue weighted by molar-refractivity contribution is 8.42. The Morgan fingerprint density at radius 1 is 1.67 bits per heavy atom. The summed E-state index contributed by atoms with van der Waals surface area (Å²) in [5.41, 5.74) is 0. The van der Waals surface area contributed by atoms with Crippen LogP contribution in [0, 0.1) is 0 Å². The van der Waals surface area contributed by atoms with Gasteiger partial charge in [0.2, 0.25) is 0 Å². The lowest BCUT2D eigenvalue weighted by atomic mass is 10.2. The molecule has 0 bridgehead atoms. The standard InChI is InChI=1S/C5H8O2S3.C3H4S2/c1-5(2,3(6)7)10-4(8)9;1-2-3(4)5-2/h1-2H3,(H,6,7)(H,8,9);2H,1H3. The molecule has 1 atom stereocenters. The Kier molecular flexibility index (Phi) is 6.74. The lowest BCUT2D eigenvalue weighted by Gasteiger charge is -2.16. The number of carboxylic acids is 1. The third kappa shape index (κ3) is 7.57. The molecule has 2 nitrogen and oxygen atoms in total. The number of carboxylic acid groups (broad SMARTS) is 1. The maximum atomic E-state index is 10.4. The average molecular weight is 301 g/mol. The lowest BCUT2D eigenvalue weighted by molar-refractivity contribution is -0.138. The summed E-state index contributed by atoms with van der Waals surface area (Å²) < 4.78 is 0.663. The van der Waals surface area contributed by atoms with Crippen LogP contribution in [0.3, 0.4) is 0 Å². The summed E-state index contributed by atoms with van der Waals surface area (Å²) in [6, 6.07) is 0. The molecule has 1 fully saturated rings. The fraction of sp³-hybridized carbons (Fsp3) is 0.625. The summed E-state index contributed by atoms with van der Waals surface area (Å²) in [6.07, 6.45) is 0. The van der Waals surface area contributed by atoms with Crippen molar-refractivity contribution in [1.29, 1.82) is 0 Å². The molecule has 1 N–H and O–H groups in total. The summed E-state index contributed by atoms with van der Waals surface area (Å²) in [4.78, 5) is 10.4. The zero-order valence-corrected chi connectivity index (χ0v) is 12.7. The number of hydrogen-bond acceptors (Lipinski definition) is 5. The zero-order valence-electron chi connectivity index (χ0n) is 8.51. The van der Waals surface area contributed by atoms with E-state index >= 15 is 0 Å². The summed E-state index contributed by atoms with van der Waals surface area (Å²) in [6.45, 7) is 5.29. The first-order valence-electron chi connectivity index (χ1n) is 4.02. The number of rotatable bonds is 2. The fourth-order valence-corrected chi connectivity index (χ4v) is 2.95. The van der Waals surface area contributed by atoms with Crippen molar-refractivity contribution >= 4 is 74.3 Å². The second kappa shape index (κ2) is 6.44. The van der Waals surface area contributed by atoms with Crippen molar-refractivity contribution in [2.24, 2.45) is 0 Å². The predicted molar refractivity (Wildman–Crippen MR) is 80.5 cm³/mol. The number of thiol groups is 1. The van der Waals surface area contributed by atoms with Gasteiger partial charge in [0.15, 0.2) is 0 Å². The van der Waals surface area contributed by atoms with Crippen molar-refractivity contribution in [3.63, 3.8) is 0 Å². The molecular formula is C8H12O2S5. The Hall–Kier alpha value is 0.700. The van der Waals surface area contributed by atoms with Crippen LogP contribution < -0.4 is 0 Å². The monoisotopic (exact) mass is 300 g/mol. The Balaban J connectivity index is 0.000000322. The molecule has 0 spiro atoms. The van der Waals surface area contributed by atoms with E-state index in [4.69, 9.17) is 17.3 Å². The topological polar surface area (TPSA) is 37.3 Å². The van der Waals surface area contributed by atoms with Crippen LogP contribution >= 0.6 is 60.6 Å². The maximum Gasteiger partial charge on any atom is 0.319 e. The van der Waals surface area contributed by atoms with Gasteiger partial charge in [-0.2, -0.15) is 0 Å². The van der Waals surface area contributed by atoms with Crippen LogP contribution in [0.15, 0.2) is 0 Å². The van der Waals surface area contributed by atoms with E-state index in [-0.39, 0.29) is 0 Å². The van der Waals surface area contributed by atoms with Gasteiger partial charge in [-0.25, -0.2) is 0 Å². The van der Waals surface area contributed by atoms with E-state index in [2.05, 4.69) is 31.8 Å². The van der Waals surface area contributed by atoms with E-state index in [0.29, 0.717) is 8.78 Å². The molecule has 1 aliphatic rings. The summed E-state index contributed by atoms with van der Waals surface area (Å²) in [7, 11) is 0. The molecule has 1 aliphatic heterocycles. The van der Waals surface area contributed by atoms with Crippen LogP contribution in [-0.4, -0.2) is 28.8 Å². The minimum absolute atomic E-state index is 0.354. The van der Waals surface area contributed by atoms with Crippen LogP contribution in [0.2, 0.25) is 0 Å². The first-order chi connectivity index (χ1) is 6.66. The maximum absolute atomic E-state index is 10.4. The van der Waals surface area contributed by atoms with Gasteiger partial charge in [0, 0.05) is 5.25 Å². The minimum Gasteiger partial charge on any atom is -0.480 e. The quantitative estimate of drug-likeness (QED) is 0.463. The molecule has 0 aliphatic carbocycles. The third-order valence-electron chi connectivity index (χ3n) is 1.43. The highest BCUT2D eigenvalue weighted by Gasteiger charge is 2.28. The molecule has 0 radical (unpaired) electrons.